The van der Waals surface area contributed by atoms with E-state index in [9.17, 15) is 9.59 Å². The minimum atomic E-state index is -0.164. The van der Waals surface area contributed by atoms with Crippen LogP contribution in [0, 0.1) is 12.8 Å². The number of halogens is 1. The molecule has 1 saturated heterocycles. The van der Waals surface area contributed by atoms with Crippen molar-refractivity contribution in [1.29, 1.82) is 0 Å². The molecule has 2 aromatic rings. The van der Waals surface area contributed by atoms with Crippen LogP contribution in [0.3, 0.4) is 0 Å². The molecule has 0 aromatic heterocycles. The van der Waals surface area contributed by atoms with Gasteiger partial charge in [0.2, 0.25) is 5.91 Å². The van der Waals surface area contributed by atoms with E-state index in [1.54, 1.807) is 29.2 Å². The third kappa shape index (κ3) is 5.10. The Hall–Kier alpha value is -2.33. The fourth-order valence-corrected chi connectivity index (χ4v) is 3.74. The third-order valence-electron chi connectivity index (χ3n) is 4.98. The van der Waals surface area contributed by atoms with Gasteiger partial charge in [-0.3, -0.25) is 9.59 Å². The SMILES string of the molecule is Cc1cccc(CCNC(=O)[C@@H]2CCCN(C(=O)c3ccccc3Cl)C2)c1. The summed E-state index contributed by atoms with van der Waals surface area (Å²) < 4.78 is 0. The summed E-state index contributed by atoms with van der Waals surface area (Å²) in [6, 6.07) is 15.4. The second kappa shape index (κ2) is 9.05. The van der Waals surface area contributed by atoms with Crippen molar-refractivity contribution < 1.29 is 9.59 Å². The number of aryl methyl sites for hydroxylation is 1. The maximum atomic E-state index is 12.7. The van der Waals surface area contributed by atoms with Crippen molar-refractivity contribution in [2.75, 3.05) is 19.6 Å². The number of carbonyl (C=O) groups is 2. The van der Waals surface area contributed by atoms with E-state index in [4.69, 9.17) is 11.6 Å². The summed E-state index contributed by atoms with van der Waals surface area (Å²) in [6.45, 7) is 3.78. The minimum absolute atomic E-state index is 0.0271. The Morgan fingerprint density at radius 3 is 2.78 bits per heavy atom. The van der Waals surface area contributed by atoms with Gasteiger partial charge in [-0.15, -0.1) is 0 Å². The zero-order chi connectivity index (χ0) is 19.2. The quantitative estimate of drug-likeness (QED) is 0.850. The predicted octanol–water partition coefficient (Wildman–Crippen LogP) is 3.86. The minimum Gasteiger partial charge on any atom is -0.355 e. The van der Waals surface area contributed by atoms with Crippen LogP contribution >= 0.6 is 11.6 Å². The van der Waals surface area contributed by atoms with Crippen molar-refractivity contribution in [3.05, 3.63) is 70.2 Å². The summed E-state index contributed by atoms with van der Waals surface area (Å²) in [5, 5.41) is 3.48. The van der Waals surface area contributed by atoms with Gasteiger partial charge in [0.05, 0.1) is 16.5 Å². The number of hydrogen-bond acceptors (Lipinski definition) is 2. The first-order valence-electron chi connectivity index (χ1n) is 9.41. The van der Waals surface area contributed by atoms with Crippen LogP contribution in [0.15, 0.2) is 48.5 Å². The first-order chi connectivity index (χ1) is 13.0. The smallest absolute Gasteiger partial charge is 0.255 e. The zero-order valence-corrected chi connectivity index (χ0v) is 16.3. The van der Waals surface area contributed by atoms with Crippen LogP contribution in [-0.4, -0.2) is 36.3 Å². The first kappa shape index (κ1) is 19.4. The van der Waals surface area contributed by atoms with Gasteiger partial charge in [-0.25, -0.2) is 0 Å². The number of hydrogen-bond donors (Lipinski definition) is 1. The van der Waals surface area contributed by atoms with Gasteiger partial charge in [0.1, 0.15) is 0 Å². The van der Waals surface area contributed by atoms with Gasteiger partial charge in [0.15, 0.2) is 0 Å². The summed E-state index contributed by atoms with van der Waals surface area (Å²) in [7, 11) is 0. The fraction of sp³-hybridized carbons (Fsp3) is 0.364. The number of nitrogens with one attached hydrogen (secondary N) is 1. The summed E-state index contributed by atoms with van der Waals surface area (Å²) in [4.78, 5) is 27.0. The van der Waals surface area contributed by atoms with Gasteiger partial charge in [0, 0.05) is 19.6 Å². The lowest BCUT2D eigenvalue weighted by Crippen LogP contribution is -2.45. The molecule has 27 heavy (non-hydrogen) atoms. The second-order valence-corrected chi connectivity index (χ2v) is 7.51. The molecule has 0 spiro atoms. The molecule has 0 bridgehead atoms. The molecule has 0 unspecified atom stereocenters. The molecule has 0 radical (unpaired) electrons. The van der Waals surface area contributed by atoms with Crippen LogP contribution in [0.5, 0.6) is 0 Å². The molecule has 1 fully saturated rings. The lowest BCUT2D eigenvalue weighted by atomic mass is 9.96. The number of benzene rings is 2. The molecule has 3 rings (SSSR count). The molecule has 5 heteroatoms. The van der Waals surface area contributed by atoms with Gasteiger partial charge in [-0.05, 0) is 43.9 Å². The summed E-state index contributed by atoms with van der Waals surface area (Å²) in [5.74, 6) is -0.236. The maximum Gasteiger partial charge on any atom is 0.255 e. The number of likely N-dealkylation sites (tertiary alicyclic amines) is 1. The van der Waals surface area contributed by atoms with E-state index in [-0.39, 0.29) is 17.7 Å². The number of rotatable bonds is 5. The Morgan fingerprint density at radius 1 is 1.19 bits per heavy atom. The van der Waals surface area contributed by atoms with Crippen LogP contribution < -0.4 is 5.32 Å². The molecule has 1 aliphatic rings. The van der Waals surface area contributed by atoms with Gasteiger partial charge >= 0.3 is 0 Å². The Balaban J connectivity index is 1.53. The monoisotopic (exact) mass is 384 g/mol. The Bertz CT molecular complexity index is 821. The zero-order valence-electron chi connectivity index (χ0n) is 15.6. The van der Waals surface area contributed by atoms with E-state index in [2.05, 4.69) is 30.4 Å². The molecule has 4 nitrogen and oxygen atoms in total. The van der Waals surface area contributed by atoms with E-state index in [1.807, 2.05) is 6.07 Å². The Kier molecular flexibility index (Phi) is 6.51. The highest BCUT2D eigenvalue weighted by Gasteiger charge is 2.29. The maximum absolute atomic E-state index is 12.7. The third-order valence-corrected chi connectivity index (χ3v) is 5.31. The fourth-order valence-electron chi connectivity index (χ4n) is 3.52. The summed E-state index contributed by atoms with van der Waals surface area (Å²) in [5.41, 5.74) is 2.94. The molecule has 1 atom stereocenters. The van der Waals surface area contributed by atoms with Crippen LogP contribution in [0.4, 0.5) is 0 Å². The predicted molar refractivity (Wildman–Crippen MR) is 108 cm³/mol. The second-order valence-electron chi connectivity index (χ2n) is 7.10. The highest BCUT2D eigenvalue weighted by atomic mass is 35.5. The van der Waals surface area contributed by atoms with Crippen molar-refractivity contribution in [1.82, 2.24) is 10.2 Å². The van der Waals surface area contributed by atoms with Crippen LogP contribution in [0.1, 0.15) is 34.3 Å². The first-order valence-corrected chi connectivity index (χ1v) is 9.79. The van der Waals surface area contributed by atoms with E-state index in [1.165, 1.54) is 11.1 Å². The normalized spacial score (nSPS) is 16.8. The van der Waals surface area contributed by atoms with Crippen LogP contribution in [0.25, 0.3) is 0 Å². The molecular weight excluding hydrogens is 360 g/mol. The molecular formula is C22H25ClN2O2. The molecule has 1 aliphatic heterocycles. The largest absolute Gasteiger partial charge is 0.355 e. The molecule has 0 aliphatic carbocycles. The topological polar surface area (TPSA) is 49.4 Å². The number of amides is 2. The Morgan fingerprint density at radius 2 is 2.00 bits per heavy atom. The van der Waals surface area contributed by atoms with E-state index in [0.29, 0.717) is 30.2 Å². The van der Waals surface area contributed by atoms with E-state index < -0.39 is 0 Å². The highest BCUT2D eigenvalue weighted by molar-refractivity contribution is 6.33. The average Bonchev–Trinajstić information content (AvgIpc) is 2.68. The highest BCUT2D eigenvalue weighted by Crippen LogP contribution is 2.22. The summed E-state index contributed by atoms with van der Waals surface area (Å²) >= 11 is 6.15. The van der Waals surface area contributed by atoms with Gasteiger partial charge in [-0.1, -0.05) is 53.6 Å². The standard InChI is InChI=1S/C22H25ClN2O2/c1-16-6-4-7-17(14-16)11-12-24-21(26)18-8-5-13-25(15-18)22(27)19-9-2-3-10-20(19)23/h2-4,6-7,9-10,14,18H,5,8,11-13,15H2,1H3,(H,24,26)/t18-/m1/s1. The number of piperidine rings is 1. The average molecular weight is 385 g/mol. The Labute approximate surface area is 165 Å². The molecule has 2 aromatic carbocycles. The summed E-state index contributed by atoms with van der Waals surface area (Å²) in [6.07, 6.45) is 2.44. The molecule has 142 valence electrons. The molecule has 1 N–H and O–H groups in total. The molecule has 2 amide bonds. The lowest BCUT2D eigenvalue weighted by molar-refractivity contribution is -0.126. The van der Waals surface area contributed by atoms with Crippen molar-refractivity contribution in [3.63, 3.8) is 0 Å². The van der Waals surface area contributed by atoms with Crippen molar-refractivity contribution in [2.45, 2.75) is 26.2 Å². The van der Waals surface area contributed by atoms with Gasteiger partial charge < -0.3 is 10.2 Å². The van der Waals surface area contributed by atoms with E-state index >= 15 is 0 Å². The van der Waals surface area contributed by atoms with E-state index in [0.717, 1.165) is 19.3 Å². The van der Waals surface area contributed by atoms with Crippen LogP contribution in [-0.2, 0) is 11.2 Å². The van der Waals surface area contributed by atoms with Gasteiger partial charge in [0.25, 0.3) is 5.91 Å². The van der Waals surface area contributed by atoms with Crippen LogP contribution in [0.2, 0.25) is 5.02 Å². The molecule has 0 saturated carbocycles. The van der Waals surface area contributed by atoms with Crippen molar-refractivity contribution in [3.8, 4) is 0 Å². The van der Waals surface area contributed by atoms with Gasteiger partial charge in [-0.2, -0.15) is 0 Å². The van der Waals surface area contributed by atoms with Crippen molar-refractivity contribution >= 4 is 23.4 Å². The number of carbonyl (C=O) groups excluding carboxylic acids is 2. The lowest BCUT2D eigenvalue weighted by Gasteiger charge is -2.32. The molecule has 1 heterocycles. The van der Waals surface area contributed by atoms with Crippen molar-refractivity contribution in [2.24, 2.45) is 5.92 Å². The number of nitrogens with zero attached hydrogens (tertiary/aromatic N) is 1.